The molecule has 2 heterocycles. The summed E-state index contributed by atoms with van der Waals surface area (Å²) in [4.78, 5) is 57.7. The molecular formula is C42H36N2O4. The van der Waals surface area contributed by atoms with Crippen LogP contribution in [0.15, 0.2) is 144 Å². The van der Waals surface area contributed by atoms with Gasteiger partial charge in [-0.3, -0.25) is 19.2 Å². The predicted octanol–water partition coefficient (Wildman–Crippen LogP) is 6.92. The van der Waals surface area contributed by atoms with Gasteiger partial charge in [0.2, 0.25) is 11.8 Å². The van der Waals surface area contributed by atoms with Crippen molar-refractivity contribution < 1.29 is 19.2 Å². The molecule has 0 N–H and O–H groups in total. The number of rotatable bonds is 7. The average molecular weight is 633 g/mol. The smallest absolute Gasteiger partial charge is 0.223 e. The number of nitrogens with zero attached hydrogens (tertiary/aromatic N) is 2. The summed E-state index contributed by atoms with van der Waals surface area (Å²) in [6.07, 6.45) is 7.30. The van der Waals surface area contributed by atoms with Gasteiger partial charge >= 0.3 is 0 Å². The van der Waals surface area contributed by atoms with Gasteiger partial charge in [-0.05, 0) is 46.6 Å². The van der Waals surface area contributed by atoms with Crippen LogP contribution in [0.25, 0.3) is 24.3 Å². The quantitative estimate of drug-likeness (QED) is 0.207. The molecule has 2 fully saturated rings. The highest BCUT2D eigenvalue weighted by atomic mass is 16.2. The maximum atomic E-state index is 13.7. The maximum Gasteiger partial charge on any atom is 0.223 e. The lowest BCUT2D eigenvalue weighted by molar-refractivity contribution is -0.137. The third-order valence-corrected chi connectivity index (χ3v) is 8.43. The van der Waals surface area contributed by atoms with Crippen LogP contribution in [-0.4, -0.2) is 59.4 Å². The number of hydrogen-bond donors (Lipinski definition) is 0. The van der Waals surface area contributed by atoms with E-state index >= 15 is 0 Å². The van der Waals surface area contributed by atoms with Gasteiger partial charge in [0.15, 0.2) is 11.6 Å². The second-order valence-electron chi connectivity index (χ2n) is 12.0. The van der Waals surface area contributed by atoms with Gasteiger partial charge in [-0.25, -0.2) is 0 Å². The van der Waals surface area contributed by atoms with E-state index in [4.69, 9.17) is 0 Å². The number of carbonyl (C=O) groups is 4. The minimum Gasteiger partial charge on any atom is -0.334 e. The molecule has 0 spiro atoms. The summed E-state index contributed by atoms with van der Waals surface area (Å²) in [6.45, 7) is 0.663. The Balaban J connectivity index is 1.20. The second-order valence-corrected chi connectivity index (χ2v) is 12.0. The van der Waals surface area contributed by atoms with E-state index in [2.05, 4.69) is 0 Å². The fraction of sp³-hybridized carbons (Fsp3) is 0.143. The zero-order valence-electron chi connectivity index (χ0n) is 26.6. The van der Waals surface area contributed by atoms with E-state index in [0.717, 1.165) is 22.3 Å². The number of hydrogen-bond acceptors (Lipinski definition) is 4. The first-order valence-corrected chi connectivity index (χ1v) is 16.1. The number of carbonyl (C=O) groups excluding carboxylic acids is 4. The molecule has 6 rings (SSSR count). The Bertz CT molecular complexity index is 1660. The minimum absolute atomic E-state index is 0.00975. The van der Waals surface area contributed by atoms with Gasteiger partial charge in [-0.1, -0.05) is 121 Å². The molecule has 0 saturated carbocycles. The number of benzene rings is 4. The van der Waals surface area contributed by atoms with Gasteiger partial charge in [-0.15, -0.1) is 0 Å². The molecule has 0 aromatic heterocycles. The third kappa shape index (κ3) is 8.09. The normalized spacial score (nSPS) is 18.6. The average Bonchev–Trinajstić information content (AvgIpc) is 3.12. The Kier molecular flexibility index (Phi) is 10.1. The van der Waals surface area contributed by atoms with Crippen LogP contribution in [-0.2, 0) is 19.2 Å². The fourth-order valence-electron chi connectivity index (χ4n) is 5.96. The van der Waals surface area contributed by atoms with Crippen molar-refractivity contribution in [2.75, 3.05) is 26.2 Å². The van der Waals surface area contributed by atoms with Crippen LogP contribution in [0.4, 0.5) is 0 Å². The molecule has 0 aliphatic carbocycles. The van der Waals surface area contributed by atoms with E-state index in [-0.39, 0.29) is 62.4 Å². The lowest BCUT2D eigenvalue weighted by Crippen LogP contribution is -2.43. The summed E-state index contributed by atoms with van der Waals surface area (Å²) in [5, 5.41) is 0. The number of likely N-dealkylation sites (tertiary alicyclic amines) is 2. The fourth-order valence-corrected chi connectivity index (χ4v) is 5.96. The summed E-state index contributed by atoms with van der Waals surface area (Å²) in [5.74, 6) is -0.587. The standard InChI is InChI=1S/C42H36N2O4/c45-39(43-27-35(23-31-13-5-1-6-14-31)41(47)36(28-43)24-32-15-7-2-8-16-32)21-22-40(46)44-29-37(25-33-17-9-3-10-18-33)42(48)38(30-44)26-34-19-11-4-12-20-34/h1-20,23-26H,21-22,27-30H2/b35-23+,36-24+,37-25+,38-26+. The van der Waals surface area contributed by atoms with Crippen molar-refractivity contribution in [1.82, 2.24) is 9.80 Å². The molecule has 48 heavy (non-hydrogen) atoms. The molecule has 2 saturated heterocycles. The Morgan fingerprint density at radius 1 is 0.417 bits per heavy atom. The lowest BCUT2D eigenvalue weighted by atomic mass is 9.93. The summed E-state index contributed by atoms with van der Waals surface area (Å²) in [6, 6.07) is 38.3. The van der Waals surface area contributed by atoms with Crippen molar-refractivity contribution in [1.29, 1.82) is 0 Å². The first kappa shape index (κ1) is 32.1. The number of piperidine rings is 2. The highest BCUT2D eigenvalue weighted by Gasteiger charge is 2.32. The monoisotopic (exact) mass is 632 g/mol. The molecule has 4 aromatic carbocycles. The number of Topliss-reactive ketones (excluding diaryl/α,β-unsaturated/α-hetero) is 2. The Morgan fingerprint density at radius 3 is 0.875 bits per heavy atom. The maximum absolute atomic E-state index is 13.7. The lowest BCUT2D eigenvalue weighted by Gasteiger charge is -2.32. The highest BCUT2D eigenvalue weighted by molar-refractivity contribution is 6.16. The molecule has 2 amide bonds. The zero-order chi connectivity index (χ0) is 33.3. The first-order chi connectivity index (χ1) is 23.4. The van der Waals surface area contributed by atoms with E-state index in [1.807, 2.05) is 146 Å². The van der Waals surface area contributed by atoms with E-state index < -0.39 is 0 Å². The van der Waals surface area contributed by atoms with Crippen LogP contribution in [0.5, 0.6) is 0 Å². The van der Waals surface area contributed by atoms with Gasteiger partial charge in [0.1, 0.15) is 0 Å². The van der Waals surface area contributed by atoms with Crippen LogP contribution >= 0.6 is 0 Å². The van der Waals surface area contributed by atoms with E-state index in [9.17, 15) is 19.2 Å². The van der Waals surface area contributed by atoms with Crippen molar-refractivity contribution in [3.63, 3.8) is 0 Å². The summed E-state index contributed by atoms with van der Waals surface area (Å²) >= 11 is 0. The number of ketones is 2. The van der Waals surface area contributed by atoms with Crippen LogP contribution in [0, 0.1) is 0 Å². The van der Waals surface area contributed by atoms with Gasteiger partial charge in [-0.2, -0.15) is 0 Å². The van der Waals surface area contributed by atoms with Gasteiger partial charge in [0.05, 0.1) is 0 Å². The summed E-state index contributed by atoms with van der Waals surface area (Å²) < 4.78 is 0. The SMILES string of the molecule is O=C1/C(=C/c2ccccc2)CN(C(=O)CCC(=O)N2C/C(=C\c3ccccc3)C(=O)/C(=C/c3ccccc3)C2)C/C1=C\c1ccccc1. The minimum atomic E-state index is -0.207. The van der Waals surface area contributed by atoms with E-state index in [0.29, 0.717) is 22.3 Å². The molecule has 4 aromatic rings. The summed E-state index contributed by atoms with van der Waals surface area (Å²) in [5.41, 5.74) is 5.60. The second kappa shape index (κ2) is 15.1. The topological polar surface area (TPSA) is 74.8 Å². The molecule has 6 heteroatoms. The van der Waals surface area contributed by atoms with Gasteiger partial charge < -0.3 is 9.80 Å². The van der Waals surface area contributed by atoms with Crippen LogP contribution < -0.4 is 0 Å². The summed E-state index contributed by atoms with van der Waals surface area (Å²) in [7, 11) is 0. The zero-order valence-corrected chi connectivity index (χ0v) is 26.6. The highest BCUT2D eigenvalue weighted by Crippen LogP contribution is 2.25. The van der Waals surface area contributed by atoms with Crippen molar-refractivity contribution >= 4 is 47.7 Å². The molecule has 2 aliphatic rings. The molecule has 238 valence electrons. The van der Waals surface area contributed by atoms with Crippen molar-refractivity contribution in [3.8, 4) is 0 Å². The van der Waals surface area contributed by atoms with Gasteiger partial charge in [0, 0.05) is 61.3 Å². The van der Waals surface area contributed by atoms with E-state index in [1.54, 1.807) is 9.80 Å². The predicted molar refractivity (Wildman–Crippen MR) is 190 cm³/mol. The molecule has 0 radical (unpaired) electrons. The van der Waals surface area contributed by atoms with Gasteiger partial charge in [0.25, 0.3) is 0 Å². The largest absolute Gasteiger partial charge is 0.334 e. The van der Waals surface area contributed by atoms with Crippen LogP contribution in [0.2, 0.25) is 0 Å². The van der Waals surface area contributed by atoms with Crippen LogP contribution in [0.1, 0.15) is 35.1 Å². The van der Waals surface area contributed by atoms with Crippen molar-refractivity contribution in [2.24, 2.45) is 0 Å². The van der Waals surface area contributed by atoms with Crippen LogP contribution in [0.3, 0.4) is 0 Å². The Labute approximate surface area is 281 Å². The van der Waals surface area contributed by atoms with E-state index in [1.165, 1.54) is 0 Å². The Morgan fingerprint density at radius 2 is 0.646 bits per heavy atom. The number of amides is 2. The molecule has 2 aliphatic heterocycles. The van der Waals surface area contributed by atoms with Crippen molar-refractivity contribution in [3.05, 3.63) is 166 Å². The molecule has 0 unspecified atom stereocenters. The first-order valence-electron chi connectivity index (χ1n) is 16.1. The molecular weight excluding hydrogens is 596 g/mol. The molecule has 6 nitrogen and oxygen atoms in total. The van der Waals surface area contributed by atoms with Crippen molar-refractivity contribution in [2.45, 2.75) is 12.8 Å². The molecule has 0 bridgehead atoms. The third-order valence-electron chi connectivity index (χ3n) is 8.43. The Hall–Kier alpha value is -5.88. The molecule has 0 atom stereocenters.